The molecule has 0 heterocycles. The van der Waals surface area contributed by atoms with Gasteiger partial charge in [-0.2, -0.15) is 0 Å². The van der Waals surface area contributed by atoms with Crippen LogP contribution in [0, 0.1) is 0 Å². The third kappa shape index (κ3) is 4.03. The molecule has 0 saturated heterocycles. The summed E-state index contributed by atoms with van der Waals surface area (Å²) in [5.41, 5.74) is 7.18. The number of hydrogen-bond acceptors (Lipinski definition) is 4. The average molecular weight is 352 g/mol. The molecule has 2 rings (SSSR count). The smallest absolute Gasteiger partial charge is 0.332 e. The molecule has 0 saturated carbocycles. The quantitative estimate of drug-likeness (QED) is 0.812. The molecule has 0 aliphatic carbocycles. The predicted molar refractivity (Wildman–Crippen MR) is 86.0 cm³/mol. The minimum absolute atomic E-state index is 0.0734. The van der Waals surface area contributed by atoms with Crippen LogP contribution in [0.1, 0.15) is 18.5 Å². The Labute approximate surface area is 132 Å². The van der Waals surface area contributed by atoms with Crippen molar-refractivity contribution >= 4 is 32.7 Å². The molecule has 1 atom stereocenters. The van der Waals surface area contributed by atoms with Crippen LogP contribution in [0.3, 0.4) is 0 Å². The molecule has 2 N–H and O–H groups in total. The Morgan fingerprint density at radius 1 is 1.24 bits per heavy atom. The van der Waals surface area contributed by atoms with E-state index in [-0.39, 0.29) is 25.2 Å². The van der Waals surface area contributed by atoms with Gasteiger partial charge in [0.15, 0.2) is 0 Å². The van der Waals surface area contributed by atoms with E-state index in [0.29, 0.717) is 6.61 Å². The number of carbonyl (C=O) groups is 1. The number of nitrogens with two attached hydrogens (primary N) is 1. The van der Waals surface area contributed by atoms with Gasteiger partial charge < -0.3 is 15.2 Å². The van der Waals surface area contributed by atoms with E-state index in [2.05, 4.69) is 15.9 Å². The molecule has 0 aliphatic heterocycles. The summed E-state index contributed by atoms with van der Waals surface area (Å²) in [5, 5.41) is 2.19. The van der Waals surface area contributed by atoms with Crippen LogP contribution in [0.15, 0.2) is 40.9 Å². The summed E-state index contributed by atoms with van der Waals surface area (Å²) in [6, 6.07) is 11.7. The van der Waals surface area contributed by atoms with Gasteiger partial charge in [0, 0.05) is 4.47 Å². The van der Waals surface area contributed by atoms with E-state index < -0.39 is 0 Å². The highest BCUT2D eigenvalue weighted by Gasteiger charge is 2.12. The average Bonchev–Trinajstić information content (AvgIpc) is 2.48. The minimum Gasteiger partial charge on any atom is -0.464 e. The van der Waals surface area contributed by atoms with Crippen molar-refractivity contribution in [3.8, 4) is 0 Å². The summed E-state index contributed by atoms with van der Waals surface area (Å²) in [4.78, 5) is 11.2. The molecule has 0 fully saturated rings. The number of halogens is 1. The summed E-state index contributed by atoms with van der Waals surface area (Å²) >= 11 is 3.54. The maximum absolute atomic E-state index is 11.2. The van der Waals surface area contributed by atoms with Gasteiger partial charge in [0.1, 0.15) is 6.61 Å². The molecule has 21 heavy (non-hydrogen) atoms. The molecule has 2 aromatic rings. The standard InChI is InChI=1S/C16H18BrNO3/c1-2-21-16(19)10-20-9-15(18)13-7-8-14(17)12-6-4-3-5-11(12)13/h3-8,15H,2,9-10,18H2,1H3. The highest BCUT2D eigenvalue weighted by molar-refractivity contribution is 9.10. The van der Waals surface area contributed by atoms with Gasteiger partial charge in [0.05, 0.1) is 19.3 Å². The highest BCUT2D eigenvalue weighted by Crippen LogP contribution is 2.29. The zero-order chi connectivity index (χ0) is 15.2. The van der Waals surface area contributed by atoms with E-state index in [9.17, 15) is 4.79 Å². The highest BCUT2D eigenvalue weighted by atomic mass is 79.9. The first kappa shape index (κ1) is 15.9. The van der Waals surface area contributed by atoms with Crippen LogP contribution in [0.4, 0.5) is 0 Å². The largest absolute Gasteiger partial charge is 0.464 e. The second-order valence-electron chi connectivity index (χ2n) is 4.61. The monoisotopic (exact) mass is 351 g/mol. The normalized spacial score (nSPS) is 12.3. The van der Waals surface area contributed by atoms with Crippen molar-refractivity contribution in [1.82, 2.24) is 0 Å². The first-order chi connectivity index (χ1) is 10.1. The molecule has 0 aliphatic rings. The van der Waals surface area contributed by atoms with Crippen molar-refractivity contribution in [2.24, 2.45) is 5.73 Å². The van der Waals surface area contributed by atoms with Gasteiger partial charge in [-0.1, -0.05) is 46.3 Å². The molecule has 0 bridgehead atoms. The Kier molecular flexibility index (Phi) is 5.73. The molecule has 0 amide bonds. The predicted octanol–water partition coefficient (Wildman–Crippen LogP) is 3.18. The summed E-state index contributed by atoms with van der Waals surface area (Å²) in [6.45, 7) is 2.31. The van der Waals surface area contributed by atoms with Gasteiger partial charge in [0.25, 0.3) is 0 Å². The maximum Gasteiger partial charge on any atom is 0.332 e. The van der Waals surface area contributed by atoms with Crippen LogP contribution in [-0.4, -0.2) is 25.8 Å². The lowest BCUT2D eigenvalue weighted by Crippen LogP contribution is -2.21. The Bertz CT molecular complexity index is 630. The third-order valence-corrected chi connectivity index (χ3v) is 3.82. The summed E-state index contributed by atoms with van der Waals surface area (Å²) < 4.78 is 11.2. The van der Waals surface area contributed by atoms with Crippen molar-refractivity contribution in [2.75, 3.05) is 19.8 Å². The number of benzene rings is 2. The van der Waals surface area contributed by atoms with Crippen molar-refractivity contribution < 1.29 is 14.3 Å². The number of ether oxygens (including phenoxy) is 2. The third-order valence-electron chi connectivity index (χ3n) is 3.13. The summed E-state index contributed by atoms with van der Waals surface area (Å²) in [5.74, 6) is -0.370. The van der Waals surface area contributed by atoms with E-state index in [1.807, 2.05) is 36.4 Å². The van der Waals surface area contributed by atoms with E-state index in [4.69, 9.17) is 15.2 Å². The fourth-order valence-electron chi connectivity index (χ4n) is 2.17. The summed E-state index contributed by atoms with van der Waals surface area (Å²) in [6.07, 6.45) is 0. The van der Waals surface area contributed by atoms with Gasteiger partial charge in [-0.15, -0.1) is 0 Å². The molecule has 2 aromatic carbocycles. The van der Waals surface area contributed by atoms with Crippen molar-refractivity contribution in [1.29, 1.82) is 0 Å². The molecule has 4 nitrogen and oxygen atoms in total. The minimum atomic E-state index is -0.370. The van der Waals surface area contributed by atoms with Crippen LogP contribution in [-0.2, 0) is 14.3 Å². The van der Waals surface area contributed by atoms with Crippen LogP contribution in [0.2, 0.25) is 0 Å². The van der Waals surface area contributed by atoms with E-state index in [1.165, 1.54) is 0 Å². The molecule has 112 valence electrons. The molecular formula is C16H18BrNO3. The number of esters is 1. The van der Waals surface area contributed by atoms with Crippen molar-refractivity contribution in [2.45, 2.75) is 13.0 Å². The maximum atomic E-state index is 11.2. The van der Waals surface area contributed by atoms with Gasteiger partial charge in [-0.3, -0.25) is 0 Å². The first-order valence-corrected chi connectivity index (χ1v) is 7.59. The Morgan fingerprint density at radius 2 is 1.95 bits per heavy atom. The second kappa shape index (κ2) is 7.54. The van der Waals surface area contributed by atoms with Gasteiger partial charge >= 0.3 is 5.97 Å². The van der Waals surface area contributed by atoms with Gasteiger partial charge in [-0.05, 0) is 29.3 Å². The van der Waals surface area contributed by atoms with E-state index in [1.54, 1.807) is 6.92 Å². The number of rotatable bonds is 6. The molecule has 0 spiro atoms. The zero-order valence-electron chi connectivity index (χ0n) is 11.8. The first-order valence-electron chi connectivity index (χ1n) is 6.79. The number of fused-ring (bicyclic) bond motifs is 1. The van der Waals surface area contributed by atoms with Gasteiger partial charge in [0.2, 0.25) is 0 Å². The van der Waals surface area contributed by atoms with Crippen LogP contribution in [0.5, 0.6) is 0 Å². The molecular weight excluding hydrogens is 334 g/mol. The van der Waals surface area contributed by atoms with E-state index >= 15 is 0 Å². The van der Waals surface area contributed by atoms with Crippen LogP contribution < -0.4 is 5.73 Å². The lowest BCUT2D eigenvalue weighted by atomic mass is 10.00. The van der Waals surface area contributed by atoms with Crippen molar-refractivity contribution in [3.05, 3.63) is 46.4 Å². The lowest BCUT2D eigenvalue weighted by molar-refractivity contribution is -0.148. The fraction of sp³-hybridized carbons (Fsp3) is 0.312. The van der Waals surface area contributed by atoms with Crippen molar-refractivity contribution in [3.63, 3.8) is 0 Å². The Hall–Kier alpha value is -1.43. The lowest BCUT2D eigenvalue weighted by Gasteiger charge is -2.15. The van der Waals surface area contributed by atoms with Crippen LogP contribution in [0.25, 0.3) is 10.8 Å². The summed E-state index contributed by atoms with van der Waals surface area (Å²) in [7, 11) is 0. The second-order valence-corrected chi connectivity index (χ2v) is 5.46. The molecule has 1 unspecified atom stereocenters. The van der Waals surface area contributed by atoms with Crippen LogP contribution >= 0.6 is 15.9 Å². The Balaban J connectivity index is 2.08. The zero-order valence-corrected chi connectivity index (χ0v) is 13.4. The van der Waals surface area contributed by atoms with E-state index in [0.717, 1.165) is 20.8 Å². The molecule has 5 heteroatoms. The Morgan fingerprint density at radius 3 is 2.67 bits per heavy atom. The number of hydrogen-bond donors (Lipinski definition) is 1. The fourth-order valence-corrected chi connectivity index (χ4v) is 2.65. The molecule has 0 aromatic heterocycles. The van der Waals surface area contributed by atoms with Gasteiger partial charge in [-0.25, -0.2) is 4.79 Å². The molecule has 0 radical (unpaired) electrons. The SMILES string of the molecule is CCOC(=O)COCC(N)c1ccc(Br)c2ccccc12. The number of carbonyl (C=O) groups excluding carboxylic acids is 1. The topological polar surface area (TPSA) is 61.5 Å².